The highest BCUT2D eigenvalue weighted by atomic mass is 32.1. The highest BCUT2D eigenvalue weighted by Gasteiger charge is 2.35. The number of benzene rings is 2. The van der Waals surface area contributed by atoms with Gasteiger partial charge in [0.25, 0.3) is 0 Å². The molecule has 0 saturated carbocycles. The Morgan fingerprint density at radius 3 is 2.86 bits per heavy atom. The lowest BCUT2D eigenvalue weighted by Gasteiger charge is -2.35. The third-order valence-electron chi connectivity index (χ3n) is 9.16. The van der Waals surface area contributed by atoms with Crippen molar-refractivity contribution in [3.8, 4) is 17.0 Å². The normalized spacial score (nSPS) is 22.7. The van der Waals surface area contributed by atoms with Crippen LogP contribution < -0.4 is 9.64 Å². The van der Waals surface area contributed by atoms with Gasteiger partial charge in [-0.2, -0.15) is 0 Å². The number of methoxy groups -OCH3 is 1. The highest BCUT2D eigenvalue weighted by Crippen LogP contribution is 2.36. The van der Waals surface area contributed by atoms with Gasteiger partial charge in [0.15, 0.2) is 5.13 Å². The fourth-order valence-electron chi connectivity index (χ4n) is 6.62. The summed E-state index contributed by atoms with van der Waals surface area (Å²) in [5.74, 6) is 0.206. The number of ether oxygens (including phenoxy) is 3. The maximum Gasteiger partial charge on any atom is 0.309 e. The van der Waals surface area contributed by atoms with Gasteiger partial charge >= 0.3 is 5.97 Å². The number of aryl methyl sites for hydroxylation is 1. The second-order valence-electron chi connectivity index (χ2n) is 12.0. The number of carboxylic acids is 1. The van der Waals surface area contributed by atoms with Gasteiger partial charge in [-0.1, -0.05) is 23.8 Å². The Morgan fingerprint density at radius 2 is 2.07 bits per heavy atom. The first-order chi connectivity index (χ1) is 20.4. The van der Waals surface area contributed by atoms with E-state index in [0.717, 1.165) is 67.0 Å². The minimum Gasteiger partial charge on any atom is -0.488 e. The number of piperidine rings is 1. The van der Waals surface area contributed by atoms with Gasteiger partial charge in [-0.15, -0.1) is 11.3 Å². The number of hydrogen-bond acceptors (Lipinski definition) is 8. The zero-order chi connectivity index (χ0) is 29.2. The van der Waals surface area contributed by atoms with Crippen LogP contribution in [-0.4, -0.2) is 73.6 Å². The summed E-state index contributed by atoms with van der Waals surface area (Å²) in [5, 5.41) is 12.5. The standard InChI is InChI=1S/C33H41N3O5S/c1-21-4-7-30(28(14-21)29-20-42-33(34-29)36-12-9-27(32(37)38)31(17-36)39-3)41-19-25-6-5-24-16-35(11-8-26(24)22(25)2)15-23-10-13-40-18-23/h4-7,14,20,23,27,31H,8-13,15-19H2,1-3H3,(H,37,38)/t23-,27+,31-/m0/s1. The van der Waals surface area contributed by atoms with Gasteiger partial charge in [-0.05, 0) is 73.4 Å². The van der Waals surface area contributed by atoms with Gasteiger partial charge in [-0.3, -0.25) is 9.69 Å². The van der Waals surface area contributed by atoms with Gasteiger partial charge < -0.3 is 24.2 Å². The van der Waals surface area contributed by atoms with Crippen LogP contribution in [0.25, 0.3) is 11.3 Å². The Balaban J connectivity index is 1.14. The summed E-state index contributed by atoms with van der Waals surface area (Å²) in [6.45, 7) is 11.0. The molecule has 1 N–H and O–H groups in total. The Bertz CT molecular complexity index is 1420. The number of carbonyl (C=O) groups is 1. The van der Waals surface area contributed by atoms with E-state index in [1.165, 1.54) is 28.7 Å². The van der Waals surface area contributed by atoms with E-state index in [1.807, 2.05) is 6.07 Å². The van der Waals surface area contributed by atoms with E-state index in [2.05, 4.69) is 53.3 Å². The second-order valence-corrected chi connectivity index (χ2v) is 12.8. The van der Waals surface area contributed by atoms with Crippen molar-refractivity contribution >= 4 is 22.4 Å². The van der Waals surface area contributed by atoms with Crippen molar-refractivity contribution in [2.45, 2.75) is 52.4 Å². The Kier molecular flexibility index (Phi) is 8.81. The van der Waals surface area contributed by atoms with Crippen molar-refractivity contribution in [1.29, 1.82) is 0 Å². The number of carboxylic acid groups (broad SMARTS) is 1. The van der Waals surface area contributed by atoms with E-state index in [4.69, 9.17) is 19.2 Å². The lowest BCUT2D eigenvalue weighted by atomic mass is 9.91. The summed E-state index contributed by atoms with van der Waals surface area (Å²) in [5.41, 5.74) is 8.48. The number of hydrogen-bond donors (Lipinski definition) is 1. The van der Waals surface area contributed by atoms with Crippen LogP contribution >= 0.6 is 11.3 Å². The predicted molar refractivity (Wildman–Crippen MR) is 164 cm³/mol. The number of aliphatic carboxylic acids is 1. The molecule has 4 heterocycles. The molecular weight excluding hydrogens is 550 g/mol. The number of fused-ring (bicyclic) bond motifs is 1. The van der Waals surface area contributed by atoms with Gasteiger partial charge in [0.1, 0.15) is 12.4 Å². The van der Waals surface area contributed by atoms with Crippen LogP contribution in [0.4, 0.5) is 5.13 Å². The SMILES string of the molecule is CO[C@H]1CN(c2nc(-c3cc(C)ccc3OCc3ccc4c(c3C)CCN(C[C@@H]3CCOC3)C4)cs2)CC[C@H]1C(=O)O. The molecule has 3 aromatic rings. The average molecular weight is 592 g/mol. The minimum absolute atomic E-state index is 0.355. The van der Waals surface area contributed by atoms with Gasteiger partial charge in [0, 0.05) is 57.4 Å². The Labute approximate surface area is 252 Å². The zero-order valence-electron chi connectivity index (χ0n) is 24.8. The second kappa shape index (κ2) is 12.7. The molecule has 3 aliphatic heterocycles. The lowest BCUT2D eigenvalue weighted by molar-refractivity contribution is -0.147. The molecule has 0 unspecified atom stereocenters. The third-order valence-corrected chi connectivity index (χ3v) is 10.1. The number of rotatable bonds is 9. The van der Waals surface area contributed by atoms with E-state index < -0.39 is 11.9 Å². The molecule has 0 amide bonds. The van der Waals surface area contributed by atoms with E-state index in [1.54, 1.807) is 18.4 Å². The fraction of sp³-hybridized carbons (Fsp3) is 0.515. The summed E-state index contributed by atoms with van der Waals surface area (Å²) in [6.07, 6.45) is 2.44. The third kappa shape index (κ3) is 6.20. The van der Waals surface area contributed by atoms with E-state index in [-0.39, 0.29) is 6.10 Å². The first kappa shape index (κ1) is 29.1. The lowest BCUT2D eigenvalue weighted by Crippen LogP contribution is -2.47. The van der Waals surface area contributed by atoms with Crippen molar-refractivity contribution in [3.63, 3.8) is 0 Å². The molecule has 1 aromatic heterocycles. The molecule has 2 saturated heterocycles. The van der Waals surface area contributed by atoms with Crippen molar-refractivity contribution in [3.05, 3.63) is 63.5 Å². The minimum atomic E-state index is -0.797. The number of nitrogens with zero attached hydrogens (tertiary/aromatic N) is 3. The molecular formula is C33H41N3O5S. The predicted octanol–water partition coefficient (Wildman–Crippen LogP) is 5.33. The van der Waals surface area contributed by atoms with Crippen LogP contribution in [0, 0.1) is 25.7 Å². The molecule has 2 fully saturated rings. The van der Waals surface area contributed by atoms with Crippen LogP contribution in [0.1, 0.15) is 40.7 Å². The summed E-state index contributed by atoms with van der Waals surface area (Å²) in [6, 6.07) is 10.8. The summed E-state index contributed by atoms with van der Waals surface area (Å²) >= 11 is 1.58. The Morgan fingerprint density at radius 1 is 1.19 bits per heavy atom. The molecule has 0 spiro atoms. The number of thiazole rings is 1. The van der Waals surface area contributed by atoms with Crippen molar-refractivity contribution in [2.75, 3.05) is 51.4 Å². The summed E-state index contributed by atoms with van der Waals surface area (Å²) in [4.78, 5) is 21.3. The molecule has 42 heavy (non-hydrogen) atoms. The molecule has 224 valence electrons. The van der Waals surface area contributed by atoms with Crippen LogP contribution in [-0.2, 0) is 33.8 Å². The van der Waals surface area contributed by atoms with Crippen LogP contribution in [0.2, 0.25) is 0 Å². The highest BCUT2D eigenvalue weighted by molar-refractivity contribution is 7.14. The summed E-state index contributed by atoms with van der Waals surface area (Å²) < 4.78 is 17.6. The molecule has 8 nitrogen and oxygen atoms in total. The van der Waals surface area contributed by atoms with Crippen molar-refractivity contribution in [1.82, 2.24) is 9.88 Å². The maximum atomic E-state index is 11.6. The first-order valence-electron chi connectivity index (χ1n) is 15.0. The number of aromatic nitrogens is 1. The van der Waals surface area contributed by atoms with E-state index >= 15 is 0 Å². The average Bonchev–Trinajstić information content (AvgIpc) is 3.70. The molecule has 3 aliphatic rings. The monoisotopic (exact) mass is 591 g/mol. The first-order valence-corrected chi connectivity index (χ1v) is 15.9. The largest absolute Gasteiger partial charge is 0.488 e. The topological polar surface area (TPSA) is 84.4 Å². The smallest absolute Gasteiger partial charge is 0.309 e. The zero-order valence-corrected chi connectivity index (χ0v) is 25.6. The van der Waals surface area contributed by atoms with Gasteiger partial charge in [-0.25, -0.2) is 4.98 Å². The van der Waals surface area contributed by atoms with E-state index in [0.29, 0.717) is 32.0 Å². The van der Waals surface area contributed by atoms with Gasteiger partial charge in [0.2, 0.25) is 0 Å². The molecule has 0 aliphatic carbocycles. The molecule has 9 heteroatoms. The van der Waals surface area contributed by atoms with Crippen LogP contribution in [0.3, 0.4) is 0 Å². The fourth-order valence-corrected chi connectivity index (χ4v) is 7.48. The van der Waals surface area contributed by atoms with Crippen molar-refractivity contribution in [2.24, 2.45) is 11.8 Å². The van der Waals surface area contributed by atoms with Crippen molar-refractivity contribution < 1.29 is 24.1 Å². The maximum absolute atomic E-state index is 11.6. The molecule has 3 atom stereocenters. The molecule has 6 rings (SSSR count). The molecule has 2 aromatic carbocycles. The Hall–Kier alpha value is -2.98. The van der Waals surface area contributed by atoms with E-state index in [9.17, 15) is 9.90 Å². The molecule has 0 bridgehead atoms. The van der Waals surface area contributed by atoms with Gasteiger partial charge in [0.05, 0.1) is 24.3 Å². The van der Waals surface area contributed by atoms with Crippen LogP contribution in [0.15, 0.2) is 35.7 Å². The van der Waals surface area contributed by atoms with Crippen LogP contribution in [0.5, 0.6) is 5.75 Å². The quantitative estimate of drug-likeness (QED) is 0.358. The molecule has 0 radical (unpaired) electrons. The number of anilines is 1. The summed E-state index contributed by atoms with van der Waals surface area (Å²) in [7, 11) is 1.58.